The van der Waals surface area contributed by atoms with Crippen molar-refractivity contribution in [3.8, 4) is 0 Å². The Morgan fingerprint density at radius 1 is 1.32 bits per heavy atom. The number of anilines is 2. The van der Waals surface area contributed by atoms with E-state index < -0.39 is 0 Å². The van der Waals surface area contributed by atoms with E-state index in [2.05, 4.69) is 41.5 Å². The lowest BCUT2D eigenvalue weighted by atomic mass is 10.2. The number of benzene rings is 1. The molecule has 19 heavy (non-hydrogen) atoms. The molecule has 0 atom stereocenters. The quantitative estimate of drug-likeness (QED) is 0.903. The third-order valence-corrected chi connectivity index (χ3v) is 4.60. The van der Waals surface area contributed by atoms with Crippen molar-refractivity contribution in [3.05, 3.63) is 40.9 Å². The van der Waals surface area contributed by atoms with Crippen molar-refractivity contribution in [3.63, 3.8) is 0 Å². The van der Waals surface area contributed by atoms with Crippen molar-refractivity contribution >= 4 is 22.2 Å². The van der Waals surface area contributed by atoms with Crippen LogP contribution < -0.4 is 10.2 Å². The molecule has 0 bridgehead atoms. The molecule has 3 nitrogen and oxygen atoms in total. The topological polar surface area (TPSA) is 28.2 Å². The lowest BCUT2D eigenvalue weighted by molar-refractivity contribution is 0.812. The van der Waals surface area contributed by atoms with E-state index in [0.717, 1.165) is 11.7 Å². The molecule has 1 heterocycles. The molecule has 1 aliphatic carbocycles. The van der Waals surface area contributed by atoms with Crippen LogP contribution in [0.5, 0.6) is 0 Å². The highest BCUT2D eigenvalue weighted by Gasteiger charge is 2.30. The fraction of sp³-hybridized carbons (Fsp3) is 0.400. The first-order valence-electron chi connectivity index (χ1n) is 6.72. The molecular formula is C15H19N3S. The van der Waals surface area contributed by atoms with Crippen LogP contribution in [0.15, 0.2) is 30.3 Å². The second-order valence-corrected chi connectivity index (χ2v) is 6.07. The second kappa shape index (κ2) is 5.31. The third kappa shape index (κ3) is 2.65. The number of hydrogen-bond acceptors (Lipinski definition) is 4. The van der Waals surface area contributed by atoms with Crippen LogP contribution in [0.4, 0.5) is 10.8 Å². The Labute approximate surface area is 118 Å². The van der Waals surface area contributed by atoms with Crippen molar-refractivity contribution in [2.45, 2.75) is 25.3 Å². The summed E-state index contributed by atoms with van der Waals surface area (Å²) in [5.41, 5.74) is 2.51. The van der Waals surface area contributed by atoms with Crippen LogP contribution in [0, 0.1) is 0 Å². The van der Waals surface area contributed by atoms with Gasteiger partial charge in [-0.05, 0) is 32.0 Å². The van der Waals surface area contributed by atoms with Crippen molar-refractivity contribution in [1.29, 1.82) is 0 Å². The lowest BCUT2D eigenvalue weighted by Crippen LogP contribution is -2.08. The minimum absolute atomic E-state index is 0.706. The van der Waals surface area contributed by atoms with Gasteiger partial charge in [-0.15, -0.1) is 0 Å². The standard InChI is InChI=1S/C15H19N3S/c1-16-10-13-14(11-8-9-11)17-15(19-13)18(2)12-6-4-3-5-7-12/h3-7,11,16H,8-10H2,1-2H3. The van der Waals surface area contributed by atoms with Gasteiger partial charge in [-0.3, -0.25) is 0 Å². The van der Waals surface area contributed by atoms with Crippen LogP contribution in [0.2, 0.25) is 0 Å². The Morgan fingerprint density at radius 3 is 2.68 bits per heavy atom. The Morgan fingerprint density at radius 2 is 2.05 bits per heavy atom. The first-order valence-corrected chi connectivity index (χ1v) is 7.54. The van der Waals surface area contributed by atoms with Gasteiger partial charge in [0.15, 0.2) is 5.13 Å². The summed E-state index contributed by atoms with van der Waals surface area (Å²) in [6.07, 6.45) is 2.60. The fourth-order valence-electron chi connectivity index (χ4n) is 2.22. The van der Waals surface area contributed by atoms with Gasteiger partial charge < -0.3 is 10.2 Å². The molecule has 0 aliphatic heterocycles. The highest BCUT2D eigenvalue weighted by Crippen LogP contribution is 2.44. The molecule has 2 aromatic rings. The van der Waals surface area contributed by atoms with Crippen LogP contribution in [0.25, 0.3) is 0 Å². The maximum atomic E-state index is 4.87. The molecular weight excluding hydrogens is 254 g/mol. The molecule has 1 N–H and O–H groups in total. The molecule has 1 aromatic heterocycles. The van der Waals surface area contributed by atoms with E-state index in [9.17, 15) is 0 Å². The normalized spacial score (nSPS) is 14.6. The molecule has 4 heteroatoms. The van der Waals surface area contributed by atoms with E-state index in [1.165, 1.54) is 29.1 Å². The molecule has 0 radical (unpaired) electrons. The molecule has 0 unspecified atom stereocenters. The molecule has 1 aliphatic rings. The predicted octanol–water partition coefficient (Wildman–Crippen LogP) is 3.51. The minimum Gasteiger partial charge on any atom is -0.321 e. The molecule has 1 aromatic carbocycles. The zero-order valence-electron chi connectivity index (χ0n) is 11.4. The van der Waals surface area contributed by atoms with Gasteiger partial charge in [0.25, 0.3) is 0 Å². The zero-order chi connectivity index (χ0) is 13.2. The second-order valence-electron chi connectivity index (χ2n) is 5.00. The highest BCUT2D eigenvalue weighted by molar-refractivity contribution is 7.15. The number of hydrogen-bond donors (Lipinski definition) is 1. The number of aromatic nitrogens is 1. The van der Waals surface area contributed by atoms with Crippen LogP contribution in [0.1, 0.15) is 29.3 Å². The summed E-state index contributed by atoms with van der Waals surface area (Å²) in [5, 5.41) is 4.35. The third-order valence-electron chi connectivity index (χ3n) is 3.45. The van der Waals surface area contributed by atoms with Crippen LogP contribution in [-0.2, 0) is 6.54 Å². The van der Waals surface area contributed by atoms with Gasteiger partial charge in [0, 0.05) is 30.1 Å². The minimum atomic E-state index is 0.706. The summed E-state index contributed by atoms with van der Waals surface area (Å²) in [7, 11) is 4.09. The van der Waals surface area contributed by atoms with Gasteiger partial charge in [-0.25, -0.2) is 4.98 Å². The van der Waals surface area contributed by atoms with Crippen molar-refractivity contribution in [2.75, 3.05) is 19.0 Å². The Balaban J connectivity index is 1.90. The monoisotopic (exact) mass is 273 g/mol. The summed E-state index contributed by atoms with van der Waals surface area (Å²) in [4.78, 5) is 8.44. The van der Waals surface area contributed by atoms with Gasteiger partial charge in [-0.2, -0.15) is 0 Å². The summed E-state index contributed by atoms with van der Waals surface area (Å²) in [5.74, 6) is 0.706. The first-order chi connectivity index (χ1) is 9.29. The maximum Gasteiger partial charge on any atom is 0.190 e. The Hall–Kier alpha value is -1.39. The van der Waals surface area contributed by atoms with Gasteiger partial charge in [-0.1, -0.05) is 29.5 Å². The SMILES string of the molecule is CNCc1sc(N(C)c2ccccc2)nc1C1CC1. The molecule has 1 fully saturated rings. The van der Waals surface area contributed by atoms with Gasteiger partial charge in [0.2, 0.25) is 0 Å². The molecule has 0 saturated heterocycles. The number of rotatable bonds is 5. The molecule has 1 saturated carbocycles. The predicted molar refractivity (Wildman–Crippen MR) is 81.4 cm³/mol. The van der Waals surface area contributed by atoms with Crippen molar-refractivity contribution in [2.24, 2.45) is 0 Å². The van der Waals surface area contributed by atoms with E-state index in [-0.39, 0.29) is 0 Å². The van der Waals surface area contributed by atoms with Gasteiger partial charge in [0.1, 0.15) is 0 Å². The Kier molecular flexibility index (Phi) is 3.53. The largest absolute Gasteiger partial charge is 0.321 e. The van der Waals surface area contributed by atoms with E-state index in [0.29, 0.717) is 5.92 Å². The average molecular weight is 273 g/mol. The highest BCUT2D eigenvalue weighted by atomic mass is 32.1. The van der Waals surface area contributed by atoms with Crippen molar-refractivity contribution in [1.82, 2.24) is 10.3 Å². The summed E-state index contributed by atoms with van der Waals surface area (Å²) < 4.78 is 0. The van der Waals surface area contributed by atoms with Crippen molar-refractivity contribution < 1.29 is 0 Å². The number of nitrogens with one attached hydrogen (secondary N) is 1. The van der Waals surface area contributed by atoms with Crippen LogP contribution in [-0.4, -0.2) is 19.1 Å². The maximum absolute atomic E-state index is 4.87. The summed E-state index contributed by atoms with van der Waals surface area (Å²) in [6.45, 7) is 0.923. The summed E-state index contributed by atoms with van der Waals surface area (Å²) >= 11 is 1.81. The molecule has 0 amide bonds. The molecule has 3 rings (SSSR count). The zero-order valence-corrected chi connectivity index (χ0v) is 12.2. The van der Waals surface area contributed by atoms with E-state index in [4.69, 9.17) is 4.98 Å². The van der Waals surface area contributed by atoms with E-state index >= 15 is 0 Å². The number of nitrogens with zero attached hydrogens (tertiary/aromatic N) is 2. The average Bonchev–Trinajstić information content (AvgIpc) is 3.21. The number of para-hydroxylation sites is 1. The lowest BCUT2D eigenvalue weighted by Gasteiger charge is -2.15. The molecule has 0 spiro atoms. The van der Waals surface area contributed by atoms with Gasteiger partial charge in [0.05, 0.1) is 5.69 Å². The Bertz CT molecular complexity index is 546. The van der Waals surface area contributed by atoms with E-state index in [1.54, 1.807) is 0 Å². The first kappa shape index (κ1) is 12.6. The number of thiazole rings is 1. The fourth-order valence-corrected chi connectivity index (χ4v) is 3.36. The molecule has 100 valence electrons. The summed E-state index contributed by atoms with van der Waals surface area (Å²) in [6, 6.07) is 10.4. The van der Waals surface area contributed by atoms with Gasteiger partial charge >= 0.3 is 0 Å². The van der Waals surface area contributed by atoms with E-state index in [1.807, 2.05) is 24.5 Å². The smallest absolute Gasteiger partial charge is 0.190 e. The van der Waals surface area contributed by atoms with Crippen LogP contribution >= 0.6 is 11.3 Å². The van der Waals surface area contributed by atoms with Crippen LogP contribution in [0.3, 0.4) is 0 Å².